The Bertz CT molecular complexity index is 819. The van der Waals surface area contributed by atoms with Gasteiger partial charge in [0.1, 0.15) is 5.75 Å². The van der Waals surface area contributed by atoms with E-state index >= 15 is 0 Å². The molecule has 2 N–H and O–H groups in total. The van der Waals surface area contributed by atoms with Crippen molar-refractivity contribution in [2.75, 3.05) is 12.4 Å². The normalized spacial score (nSPS) is 15.2. The van der Waals surface area contributed by atoms with Gasteiger partial charge >= 0.3 is 0 Å². The summed E-state index contributed by atoms with van der Waals surface area (Å²) in [7, 11) is -1.44. The molecule has 0 amide bonds. The molecule has 0 atom stereocenters. The van der Waals surface area contributed by atoms with Gasteiger partial charge in [-0.1, -0.05) is 0 Å². The molecule has 2 aromatic rings. The molecule has 0 unspecified atom stereocenters. The van der Waals surface area contributed by atoms with Crippen molar-refractivity contribution in [3.8, 4) is 16.9 Å². The zero-order valence-corrected chi connectivity index (χ0v) is 15.1. The average molecular weight is 367 g/mol. The smallest absolute Gasteiger partial charge is 0.286 e. The molecule has 0 radical (unpaired) electrons. The van der Waals surface area contributed by atoms with E-state index in [-0.39, 0.29) is 5.75 Å². The zero-order valence-electron chi connectivity index (χ0n) is 14.2. The number of ether oxygens (including phenoxy) is 1. The summed E-state index contributed by atoms with van der Waals surface area (Å²) in [5.41, 5.74) is 0.290. The molecule has 0 saturated heterocycles. The maximum Gasteiger partial charge on any atom is 0.286 e. The van der Waals surface area contributed by atoms with E-state index in [1.54, 1.807) is 25.1 Å². The van der Waals surface area contributed by atoms with E-state index in [0.717, 1.165) is 18.9 Å². The van der Waals surface area contributed by atoms with Crippen molar-refractivity contribution in [1.82, 2.24) is 4.57 Å². The first-order valence-corrected chi connectivity index (χ1v) is 9.92. The van der Waals surface area contributed by atoms with E-state index in [1.165, 1.54) is 17.8 Å². The molecule has 1 heterocycles. The van der Waals surface area contributed by atoms with Crippen LogP contribution in [0.25, 0.3) is 11.1 Å². The molecule has 1 fully saturated rings. The van der Waals surface area contributed by atoms with Crippen molar-refractivity contribution < 1.29 is 18.2 Å². The highest BCUT2D eigenvalue weighted by Crippen LogP contribution is 2.49. The first-order valence-electron chi connectivity index (χ1n) is 8.21. The highest BCUT2D eigenvalue weighted by atomic mass is 32.3. The van der Waals surface area contributed by atoms with E-state index < -0.39 is 22.0 Å². The largest absolute Gasteiger partial charge is 0.493 e. The van der Waals surface area contributed by atoms with E-state index in [9.17, 15) is 18.3 Å². The Hall–Kier alpha value is -1.83. The molecule has 0 bridgehead atoms. The highest BCUT2D eigenvalue weighted by molar-refractivity contribution is 8.24. The Balaban J connectivity index is 2.09. The minimum atomic E-state index is -2.91. The minimum Gasteiger partial charge on any atom is -0.493 e. The van der Waals surface area contributed by atoms with Crippen LogP contribution in [0.3, 0.4) is 0 Å². The van der Waals surface area contributed by atoms with Crippen LogP contribution in [0, 0.1) is 11.7 Å². The predicted molar refractivity (Wildman–Crippen MR) is 97.0 cm³/mol. The quantitative estimate of drug-likeness (QED) is 0.806. The van der Waals surface area contributed by atoms with Crippen LogP contribution in [0.2, 0.25) is 0 Å². The number of pyridine rings is 1. The zero-order chi connectivity index (χ0) is 18.2. The van der Waals surface area contributed by atoms with Crippen molar-refractivity contribution in [3.05, 3.63) is 46.6 Å². The van der Waals surface area contributed by atoms with Crippen molar-refractivity contribution >= 4 is 10.6 Å². The summed E-state index contributed by atoms with van der Waals surface area (Å²) in [5, 5.41) is 0. The van der Waals surface area contributed by atoms with Gasteiger partial charge in [0.15, 0.2) is 5.82 Å². The van der Waals surface area contributed by atoms with Crippen molar-refractivity contribution in [2.24, 2.45) is 13.0 Å². The lowest BCUT2D eigenvalue weighted by Gasteiger charge is -2.31. The van der Waals surface area contributed by atoms with Gasteiger partial charge in [0.05, 0.1) is 11.5 Å². The summed E-state index contributed by atoms with van der Waals surface area (Å²) in [6.45, 7) is 2.27. The molecule has 1 saturated carbocycles. The summed E-state index contributed by atoms with van der Waals surface area (Å²) < 4.78 is 41.4. The van der Waals surface area contributed by atoms with E-state index in [0.29, 0.717) is 34.3 Å². The van der Waals surface area contributed by atoms with Crippen LogP contribution in [-0.2, 0) is 7.05 Å². The lowest BCUT2D eigenvalue weighted by atomic mass is 10.1. The second-order valence-corrected chi connectivity index (χ2v) is 8.74. The van der Waals surface area contributed by atoms with Gasteiger partial charge in [-0.2, -0.15) is 10.6 Å². The van der Waals surface area contributed by atoms with Crippen LogP contribution >= 0.6 is 10.6 Å². The first-order chi connectivity index (χ1) is 11.8. The predicted octanol–water partition coefficient (Wildman–Crippen LogP) is 4.11. The molecule has 25 heavy (non-hydrogen) atoms. The molecule has 3 rings (SSSR count). The summed E-state index contributed by atoms with van der Waals surface area (Å²) in [6, 6.07) is 6.08. The van der Waals surface area contributed by atoms with Gasteiger partial charge < -0.3 is 9.30 Å². The number of hydrogen-bond donors (Lipinski definition) is 2. The average Bonchev–Trinajstić information content (AvgIpc) is 3.41. The third kappa shape index (κ3) is 3.89. The number of rotatable bonds is 6. The van der Waals surface area contributed by atoms with Crippen molar-refractivity contribution in [1.29, 1.82) is 0 Å². The van der Waals surface area contributed by atoms with Gasteiger partial charge in [0.25, 0.3) is 5.56 Å². The number of aryl methyl sites for hydroxylation is 1. The number of aromatic nitrogens is 1. The van der Waals surface area contributed by atoms with Gasteiger partial charge in [-0.3, -0.25) is 13.9 Å². The second kappa shape index (κ2) is 6.82. The maximum atomic E-state index is 13.9. The lowest BCUT2D eigenvalue weighted by Crippen LogP contribution is -2.19. The molecule has 7 heteroatoms. The van der Waals surface area contributed by atoms with Crippen LogP contribution in [0.1, 0.15) is 19.8 Å². The van der Waals surface area contributed by atoms with Crippen LogP contribution in [0.5, 0.6) is 5.75 Å². The minimum absolute atomic E-state index is 0.191. The molecule has 136 valence electrons. The third-order valence-electron chi connectivity index (χ3n) is 4.35. The first kappa shape index (κ1) is 18.0. The highest BCUT2D eigenvalue weighted by Gasteiger charge is 2.23. The molecule has 1 aliphatic carbocycles. The molecule has 0 spiro atoms. The Morgan fingerprint density at radius 2 is 2.04 bits per heavy atom. The summed E-state index contributed by atoms with van der Waals surface area (Å²) in [5.74, 6) is 0.414. The number of halogens is 1. The fourth-order valence-corrected chi connectivity index (χ4v) is 3.47. The van der Waals surface area contributed by atoms with E-state index in [2.05, 4.69) is 0 Å². The van der Waals surface area contributed by atoms with Gasteiger partial charge in [0.2, 0.25) is 0 Å². The second-order valence-electron chi connectivity index (χ2n) is 6.36. The van der Waals surface area contributed by atoms with Gasteiger partial charge in [0, 0.05) is 30.1 Å². The van der Waals surface area contributed by atoms with E-state index in [1.807, 2.05) is 0 Å². The summed E-state index contributed by atoms with van der Waals surface area (Å²) in [6.07, 6.45) is 3.79. The molecule has 1 aromatic heterocycles. The fraction of sp³-hybridized carbons (Fsp3) is 0.389. The molecule has 1 aliphatic rings. The summed E-state index contributed by atoms with van der Waals surface area (Å²) in [4.78, 5) is 12.0. The van der Waals surface area contributed by atoms with Crippen molar-refractivity contribution in [2.45, 2.75) is 24.7 Å². The Morgan fingerprint density at radius 1 is 1.32 bits per heavy atom. The molecule has 5 nitrogen and oxygen atoms in total. The SMILES string of the molecule is CCS(O)(O)c1ccc(OCC2CC2)c(-c2cc(F)c(=O)n(C)c2)c1. The topological polar surface area (TPSA) is 71.7 Å². The monoisotopic (exact) mass is 367 g/mol. The van der Waals surface area contributed by atoms with E-state index in [4.69, 9.17) is 4.74 Å². The van der Waals surface area contributed by atoms with Crippen LogP contribution in [-0.4, -0.2) is 26.0 Å². The lowest BCUT2D eigenvalue weighted by molar-refractivity contribution is 0.301. The molecular formula is C18H22FNO4S. The standard InChI is InChI=1S/C18H22FNO4S/c1-3-25(22,23)14-6-7-17(24-11-12-4-5-12)15(9-14)13-8-16(19)18(21)20(2)10-13/h6-10,12,22-23H,3-5,11H2,1-2H3. The Morgan fingerprint density at radius 3 is 2.64 bits per heavy atom. The van der Waals surface area contributed by atoms with Crippen molar-refractivity contribution in [3.63, 3.8) is 0 Å². The Labute approximate surface area is 147 Å². The Kier molecular flexibility index (Phi) is 4.90. The number of hydrogen-bond acceptors (Lipinski definition) is 4. The summed E-state index contributed by atoms with van der Waals surface area (Å²) >= 11 is 0. The molecule has 0 aliphatic heterocycles. The number of nitrogens with zero attached hydrogens (tertiary/aromatic N) is 1. The van der Waals surface area contributed by atoms with Crippen LogP contribution in [0.4, 0.5) is 4.39 Å². The number of benzene rings is 1. The van der Waals surface area contributed by atoms with Crippen LogP contribution < -0.4 is 10.3 Å². The molecule has 1 aromatic carbocycles. The van der Waals surface area contributed by atoms with Gasteiger partial charge in [-0.25, -0.2) is 4.39 Å². The fourth-order valence-electron chi connectivity index (χ4n) is 2.54. The van der Waals surface area contributed by atoms with Gasteiger partial charge in [-0.05, 0) is 49.9 Å². The van der Waals surface area contributed by atoms with Gasteiger partial charge in [-0.15, -0.1) is 0 Å². The maximum absolute atomic E-state index is 13.9. The van der Waals surface area contributed by atoms with Crippen LogP contribution in [0.15, 0.2) is 40.2 Å². The third-order valence-corrected chi connectivity index (χ3v) is 6.17. The molecular weight excluding hydrogens is 345 g/mol.